The van der Waals surface area contributed by atoms with Crippen LogP contribution in [0.25, 0.3) is 0 Å². The topological polar surface area (TPSA) is 79.2 Å². The van der Waals surface area contributed by atoms with E-state index in [2.05, 4.69) is 0 Å². The summed E-state index contributed by atoms with van der Waals surface area (Å²) in [5, 5.41) is 20.6. The third-order valence-electron chi connectivity index (χ3n) is 5.39. The number of aliphatic hydroxyl groups is 2. The van der Waals surface area contributed by atoms with Crippen molar-refractivity contribution in [2.45, 2.75) is 36.5 Å². The Kier molecular flexibility index (Phi) is 4.08. The van der Waals surface area contributed by atoms with Crippen molar-refractivity contribution in [3.63, 3.8) is 0 Å². The molecule has 0 spiro atoms. The molecule has 2 aliphatic rings. The van der Waals surface area contributed by atoms with Gasteiger partial charge in [0.05, 0.1) is 20.3 Å². The van der Waals surface area contributed by atoms with Crippen molar-refractivity contribution in [3.05, 3.63) is 23.8 Å². The van der Waals surface area contributed by atoms with E-state index in [0.717, 1.165) is 18.5 Å². The SMILES string of the molecule is COc1ccc([C@]23CCN(C)C2C(O)C(=O)C(O)C3)cc1OC. The third kappa shape index (κ3) is 2.33. The number of fused-ring (bicyclic) bond motifs is 1. The minimum Gasteiger partial charge on any atom is -0.493 e. The van der Waals surface area contributed by atoms with Crippen LogP contribution in [0.1, 0.15) is 18.4 Å². The summed E-state index contributed by atoms with van der Waals surface area (Å²) in [6.45, 7) is 0.760. The van der Waals surface area contributed by atoms with Gasteiger partial charge in [-0.1, -0.05) is 6.07 Å². The Hall–Kier alpha value is -1.63. The van der Waals surface area contributed by atoms with E-state index >= 15 is 0 Å². The van der Waals surface area contributed by atoms with Crippen molar-refractivity contribution in [2.75, 3.05) is 27.8 Å². The second-order valence-electron chi connectivity index (χ2n) is 6.47. The average molecular weight is 321 g/mol. The first-order valence-electron chi connectivity index (χ1n) is 7.77. The predicted molar refractivity (Wildman–Crippen MR) is 83.9 cm³/mol. The molecule has 1 aliphatic heterocycles. The Morgan fingerprint density at radius 2 is 1.91 bits per heavy atom. The fourth-order valence-corrected chi connectivity index (χ4v) is 4.23. The molecule has 23 heavy (non-hydrogen) atoms. The maximum atomic E-state index is 12.0. The minimum atomic E-state index is -1.18. The number of hydrogen-bond donors (Lipinski definition) is 2. The van der Waals surface area contributed by atoms with Gasteiger partial charge in [-0.2, -0.15) is 0 Å². The van der Waals surface area contributed by atoms with Crippen LogP contribution in [-0.2, 0) is 10.2 Å². The summed E-state index contributed by atoms with van der Waals surface area (Å²) < 4.78 is 10.7. The van der Waals surface area contributed by atoms with E-state index in [4.69, 9.17) is 9.47 Å². The summed E-state index contributed by atoms with van der Waals surface area (Å²) in [6, 6.07) is 5.31. The molecule has 1 saturated carbocycles. The zero-order chi connectivity index (χ0) is 16.8. The van der Waals surface area contributed by atoms with Gasteiger partial charge in [0, 0.05) is 5.41 Å². The van der Waals surface area contributed by atoms with Crippen molar-refractivity contribution >= 4 is 5.78 Å². The number of benzene rings is 1. The number of carbonyl (C=O) groups is 1. The zero-order valence-corrected chi connectivity index (χ0v) is 13.7. The van der Waals surface area contributed by atoms with Crippen LogP contribution in [0.5, 0.6) is 11.5 Å². The third-order valence-corrected chi connectivity index (χ3v) is 5.39. The molecule has 3 unspecified atom stereocenters. The van der Waals surface area contributed by atoms with Crippen LogP contribution < -0.4 is 9.47 Å². The summed E-state index contributed by atoms with van der Waals surface area (Å²) in [5.74, 6) is 0.747. The fraction of sp³-hybridized carbons (Fsp3) is 0.588. The number of likely N-dealkylation sites (N-methyl/N-ethyl adjacent to an activating group) is 1. The van der Waals surface area contributed by atoms with Gasteiger partial charge in [0.15, 0.2) is 17.3 Å². The van der Waals surface area contributed by atoms with Crippen LogP contribution in [0, 0.1) is 0 Å². The molecule has 1 aromatic rings. The van der Waals surface area contributed by atoms with Gasteiger partial charge in [-0.05, 0) is 44.1 Å². The van der Waals surface area contributed by atoms with Crippen molar-refractivity contribution in [2.24, 2.45) is 0 Å². The van der Waals surface area contributed by atoms with Gasteiger partial charge in [-0.3, -0.25) is 9.69 Å². The number of carbonyl (C=O) groups excluding carboxylic acids is 1. The van der Waals surface area contributed by atoms with Crippen LogP contribution >= 0.6 is 0 Å². The smallest absolute Gasteiger partial charge is 0.191 e. The van der Waals surface area contributed by atoms with E-state index in [9.17, 15) is 15.0 Å². The normalized spacial score (nSPS) is 34.3. The molecule has 6 nitrogen and oxygen atoms in total. The fourth-order valence-electron chi connectivity index (χ4n) is 4.23. The highest BCUT2D eigenvalue weighted by Crippen LogP contribution is 2.49. The lowest BCUT2D eigenvalue weighted by Crippen LogP contribution is -2.60. The molecule has 1 heterocycles. The van der Waals surface area contributed by atoms with E-state index in [0.29, 0.717) is 17.9 Å². The molecule has 0 bridgehead atoms. The maximum Gasteiger partial charge on any atom is 0.191 e. The number of ether oxygens (including phenoxy) is 2. The largest absolute Gasteiger partial charge is 0.493 e. The van der Waals surface area contributed by atoms with E-state index in [1.807, 2.05) is 30.1 Å². The molecule has 1 aromatic carbocycles. The molecule has 2 fully saturated rings. The standard InChI is InChI=1S/C17H23NO5/c1-18-7-6-17(9-11(19)14(20)15(21)16(17)18)10-4-5-12(22-2)13(8-10)23-3/h4-5,8,11,15-16,19,21H,6-7,9H2,1-3H3/t11?,15?,16?,17-/m1/s1. The first kappa shape index (κ1) is 16.2. The average Bonchev–Trinajstić information content (AvgIpc) is 2.89. The number of Topliss-reactive ketones (excluding diaryl/α,β-unsaturated/α-hetero) is 1. The summed E-state index contributed by atoms with van der Waals surface area (Å²) in [5.41, 5.74) is 0.483. The number of ketones is 1. The van der Waals surface area contributed by atoms with Gasteiger partial charge in [0.2, 0.25) is 0 Å². The van der Waals surface area contributed by atoms with Crippen LogP contribution in [-0.4, -0.2) is 67.0 Å². The van der Waals surface area contributed by atoms with E-state index in [1.165, 1.54) is 0 Å². The molecular formula is C17H23NO5. The van der Waals surface area contributed by atoms with Gasteiger partial charge in [0.1, 0.15) is 12.2 Å². The molecule has 1 saturated heterocycles. The van der Waals surface area contributed by atoms with Gasteiger partial charge in [0.25, 0.3) is 0 Å². The zero-order valence-electron chi connectivity index (χ0n) is 13.7. The van der Waals surface area contributed by atoms with Gasteiger partial charge in [-0.25, -0.2) is 0 Å². The van der Waals surface area contributed by atoms with Crippen LogP contribution in [0.4, 0.5) is 0 Å². The van der Waals surface area contributed by atoms with Crippen molar-refractivity contribution in [1.82, 2.24) is 4.90 Å². The molecule has 0 radical (unpaired) electrons. The summed E-state index contributed by atoms with van der Waals surface area (Å²) in [4.78, 5) is 14.0. The molecule has 0 aromatic heterocycles. The quantitative estimate of drug-likeness (QED) is 0.836. The van der Waals surface area contributed by atoms with Crippen molar-refractivity contribution in [1.29, 1.82) is 0 Å². The molecule has 6 heteroatoms. The highest BCUT2D eigenvalue weighted by Gasteiger charge is 2.57. The Balaban J connectivity index is 2.10. The molecular weight excluding hydrogens is 298 g/mol. The lowest BCUT2D eigenvalue weighted by atomic mass is 9.64. The molecule has 126 valence electrons. The number of hydrogen-bond acceptors (Lipinski definition) is 6. The van der Waals surface area contributed by atoms with Crippen LogP contribution in [0.15, 0.2) is 18.2 Å². The number of rotatable bonds is 3. The van der Waals surface area contributed by atoms with E-state index in [-0.39, 0.29) is 6.04 Å². The van der Waals surface area contributed by atoms with Gasteiger partial charge < -0.3 is 19.7 Å². The Bertz CT molecular complexity index is 619. The monoisotopic (exact) mass is 321 g/mol. The van der Waals surface area contributed by atoms with Gasteiger partial charge in [-0.15, -0.1) is 0 Å². The molecule has 2 N–H and O–H groups in total. The lowest BCUT2D eigenvalue weighted by molar-refractivity contribution is -0.146. The Morgan fingerprint density at radius 3 is 2.57 bits per heavy atom. The highest BCUT2D eigenvalue weighted by molar-refractivity contribution is 5.89. The number of aliphatic hydroxyl groups excluding tert-OH is 2. The van der Waals surface area contributed by atoms with Crippen molar-refractivity contribution in [3.8, 4) is 11.5 Å². The van der Waals surface area contributed by atoms with Crippen molar-refractivity contribution < 1.29 is 24.5 Å². The predicted octanol–water partition coefficient (Wildman–Crippen LogP) is 0.340. The Labute approximate surface area is 135 Å². The molecule has 3 rings (SSSR count). The molecule has 1 aliphatic carbocycles. The lowest BCUT2D eigenvalue weighted by Gasteiger charge is -2.45. The molecule has 0 amide bonds. The maximum absolute atomic E-state index is 12.0. The Morgan fingerprint density at radius 1 is 1.22 bits per heavy atom. The minimum absolute atomic E-state index is 0.313. The molecule has 4 atom stereocenters. The first-order chi connectivity index (χ1) is 10.9. The second-order valence-corrected chi connectivity index (χ2v) is 6.47. The summed E-state index contributed by atoms with van der Waals surface area (Å²) in [6.07, 6.45) is -1.24. The summed E-state index contributed by atoms with van der Waals surface area (Å²) >= 11 is 0. The van der Waals surface area contributed by atoms with Gasteiger partial charge >= 0.3 is 0 Å². The van der Waals surface area contributed by atoms with E-state index < -0.39 is 23.4 Å². The van der Waals surface area contributed by atoms with E-state index in [1.54, 1.807) is 14.2 Å². The van der Waals surface area contributed by atoms with Crippen LogP contribution in [0.2, 0.25) is 0 Å². The number of likely N-dealkylation sites (tertiary alicyclic amines) is 1. The summed E-state index contributed by atoms with van der Waals surface area (Å²) in [7, 11) is 5.06. The first-order valence-corrected chi connectivity index (χ1v) is 7.77. The van der Waals surface area contributed by atoms with Crippen LogP contribution in [0.3, 0.4) is 0 Å². The number of methoxy groups -OCH3 is 2. The second kappa shape index (κ2) is 5.78. The number of nitrogens with zero attached hydrogens (tertiary/aromatic N) is 1. The highest BCUT2D eigenvalue weighted by atomic mass is 16.5.